The Bertz CT molecular complexity index is 1430. The summed E-state index contributed by atoms with van der Waals surface area (Å²) in [7, 11) is -2.38. The number of halogens is 1. The van der Waals surface area contributed by atoms with Crippen molar-refractivity contribution < 1.29 is 36.7 Å². The average Bonchev–Trinajstić information content (AvgIpc) is 3.39. The van der Waals surface area contributed by atoms with Gasteiger partial charge >= 0.3 is 12.1 Å². The molecule has 0 spiro atoms. The second kappa shape index (κ2) is 14.4. The topological polar surface area (TPSA) is 126 Å². The first-order chi connectivity index (χ1) is 20.8. The van der Waals surface area contributed by atoms with Crippen molar-refractivity contribution in [3.05, 3.63) is 59.6 Å². The maximum Gasteiger partial charge on any atom is 0.415 e. The molecule has 3 aliphatic rings. The van der Waals surface area contributed by atoms with E-state index in [1.54, 1.807) is 31.7 Å². The van der Waals surface area contributed by atoms with Gasteiger partial charge in [0.2, 0.25) is 10.0 Å². The number of carbonyl (C=O) groups is 2. The molecule has 0 saturated carbocycles. The van der Waals surface area contributed by atoms with Gasteiger partial charge in [0, 0.05) is 43.4 Å². The molecule has 0 aromatic heterocycles. The molecule has 2 heterocycles. The van der Waals surface area contributed by atoms with Crippen LogP contribution < -0.4 is 5.32 Å². The van der Waals surface area contributed by atoms with Crippen LogP contribution in [0.15, 0.2) is 58.7 Å². The van der Waals surface area contributed by atoms with Crippen LogP contribution in [0.5, 0.6) is 0 Å². The highest BCUT2D eigenvalue weighted by Crippen LogP contribution is 2.34. The van der Waals surface area contributed by atoms with E-state index in [0.717, 1.165) is 41.5 Å². The van der Waals surface area contributed by atoms with Crippen LogP contribution in [0.1, 0.15) is 33.6 Å². The smallest absolute Gasteiger partial charge is 0.415 e. The minimum absolute atomic E-state index is 0.0885. The van der Waals surface area contributed by atoms with Gasteiger partial charge in [0.25, 0.3) is 0 Å². The van der Waals surface area contributed by atoms with Crippen molar-refractivity contribution in [1.82, 2.24) is 19.4 Å². The summed E-state index contributed by atoms with van der Waals surface area (Å²) >= 11 is 1.30. The van der Waals surface area contributed by atoms with Gasteiger partial charge in [-0.3, -0.25) is 10.1 Å². The fraction of sp³-hybridized carbons (Fsp3) is 0.533. The third-order valence-electron chi connectivity index (χ3n) is 7.27. The lowest BCUT2D eigenvalue weighted by molar-refractivity contribution is -0.160. The Labute approximate surface area is 262 Å². The highest BCUT2D eigenvalue weighted by atomic mass is 32.2. The first kappa shape index (κ1) is 33.9. The molecule has 1 aromatic carbocycles. The second-order valence-electron chi connectivity index (χ2n) is 11.8. The molecule has 0 bridgehead atoms. The van der Waals surface area contributed by atoms with E-state index < -0.39 is 51.0 Å². The van der Waals surface area contributed by atoms with Gasteiger partial charge in [0.05, 0.1) is 4.90 Å². The average molecular weight is 651 g/mol. The van der Waals surface area contributed by atoms with Gasteiger partial charge in [-0.25, -0.2) is 22.4 Å². The van der Waals surface area contributed by atoms with Crippen LogP contribution in [0.3, 0.4) is 0 Å². The standard InChI is InChI=1S/C30H39FN4O7S2/c1-30(2,3)42-27(37)26(35(28-32-12-17-43-28)44(39,40)25-10-7-23(31)8-11-25)19-21-6-9-24(18-22(21)20-36)41-29(38)34-14-5-13-33(4)15-16-34/h6-11,18,21,26,28,32H,5,12-17,19H2,1-4H3/t21?,26-,28?/m0/s1. The molecule has 14 heteroatoms. The summed E-state index contributed by atoms with van der Waals surface area (Å²) in [5, 5.41) is 3.12. The largest absolute Gasteiger partial charge is 0.459 e. The number of nitrogens with zero attached hydrogens (tertiary/aromatic N) is 3. The molecule has 1 aliphatic carbocycles. The lowest BCUT2D eigenvalue weighted by atomic mass is 9.89. The molecule has 2 fully saturated rings. The summed E-state index contributed by atoms with van der Waals surface area (Å²) in [6.45, 7) is 8.15. The molecule has 2 aliphatic heterocycles. The quantitative estimate of drug-likeness (QED) is 0.331. The Balaban J connectivity index is 1.62. The molecule has 2 unspecified atom stereocenters. The number of thioether (sulfide) groups is 1. The Morgan fingerprint density at radius 1 is 1.18 bits per heavy atom. The van der Waals surface area contributed by atoms with E-state index in [1.165, 1.54) is 23.9 Å². The fourth-order valence-corrected chi connectivity index (χ4v) is 8.13. The predicted molar refractivity (Wildman–Crippen MR) is 164 cm³/mol. The molecular formula is C30H39FN4O7S2. The van der Waals surface area contributed by atoms with E-state index >= 15 is 0 Å². The minimum Gasteiger partial charge on any atom is -0.459 e. The van der Waals surface area contributed by atoms with Crippen LogP contribution in [0, 0.1) is 11.7 Å². The highest BCUT2D eigenvalue weighted by molar-refractivity contribution is 8.01. The first-order valence-corrected chi connectivity index (χ1v) is 16.9. The number of hydrogen-bond donors (Lipinski definition) is 1. The number of sulfonamides is 1. The number of rotatable bonds is 8. The van der Waals surface area contributed by atoms with Crippen molar-refractivity contribution in [2.24, 2.45) is 5.92 Å². The Hall–Kier alpha value is -3.00. The summed E-state index contributed by atoms with van der Waals surface area (Å²) in [5.74, 6) is 0.446. The summed E-state index contributed by atoms with van der Waals surface area (Å²) in [4.78, 5) is 42.3. The number of likely N-dealkylation sites (N-methyl/N-ethyl adjacent to an activating group) is 1. The van der Waals surface area contributed by atoms with Gasteiger partial charge < -0.3 is 19.3 Å². The van der Waals surface area contributed by atoms with Crippen molar-refractivity contribution in [3.63, 3.8) is 0 Å². The molecule has 11 nitrogen and oxygen atoms in total. The van der Waals surface area contributed by atoms with Crippen molar-refractivity contribution in [2.45, 2.75) is 55.6 Å². The SMILES string of the molecule is CN1CCCN(C(=O)OC2=CC(=C=O)C(C[C@@H](C(=O)OC(C)(C)C)N(C3NCCS3)S(=O)(=O)c3ccc(F)cc3)C=C2)CC1. The normalized spacial score (nSPS) is 22.3. The molecule has 240 valence electrons. The number of benzene rings is 1. The van der Waals surface area contributed by atoms with Gasteiger partial charge in [-0.15, -0.1) is 11.8 Å². The molecule has 1 aromatic rings. The lowest BCUT2D eigenvalue weighted by Gasteiger charge is -2.36. The third kappa shape index (κ3) is 8.58. The number of nitrogens with one attached hydrogen (secondary N) is 1. The van der Waals surface area contributed by atoms with Crippen LogP contribution in [-0.4, -0.2) is 103 Å². The molecule has 0 radical (unpaired) electrons. The van der Waals surface area contributed by atoms with Gasteiger partial charge in [0.15, 0.2) is 0 Å². The van der Waals surface area contributed by atoms with Crippen LogP contribution in [0.25, 0.3) is 0 Å². The monoisotopic (exact) mass is 650 g/mol. The van der Waals surface area contributed by atoms with E-state index in [9.17, 15) is 27.2 Å². The van der Waals surface area contributed by atoms with Crippen LogP contribution in [0.2, 0.25) is 0 Å². The zero-order valence-electron chi connectivity index (χ0n) is 25.3. The Morgan fingerprint density at radius 2 is 1.91 bits per heavy atom. The van der Waals surface area contributed by atoms with E-state index in [2.05, 4.69) is 10.2 Å². The number of allylic oxidation sites excluding steroid dienone is 4. The zero-order valence-corrected chi connectivity index (χ0v) is 27.0. The zero-order chi connectivity index (χ0) is 32.1. The van der Waals surface area contributed by atoms with Gasteiger partial charge in [-0.05, 0) is 83.6 Å². The number of hydrogen-bond acceptors (Lipinski definition) is 10. The van der Waals surface area contributed by atoms with Gasteiger partial charge in [0.1, 0.15) is 34.7 Å². The molecule has 44 heavy (non-hydrogen) atoms. The summed E-state index contributed by atoms with van der Waals surface area (Å²) in [5.41, 5.74) is -1.67. The van der Waals surface area contributed by atoms with Gasteiger partial charge in [-0.1, -0.05) is 6.08 Å². The van der Waals surface area contributed by atoms with E-state index in [4.69, 9.17) is 9.47 Å². The van der Waals surface area contributed by atoms with Gasteiger partial charge in [-0.2, -0.15) is 4.31 Å². The van der Waals surface area contributed by atoms with Crippen molar-refractivity contribution >= 4 is 39.8 Å². The molecule has 4 rings (SSSR count). The van der Waals surface area contributed by atoms with E-state index in [1.807, 2.05) is 13.0 Å². The maximum atomic E-state index is 14.1. The Kier molecular flexibility index (Phi) is 11.1. The predicted octanol–water partition coefficient (Wildman–Crippen LogP) is 3.14. The Morgan fingerprint density at radius 3 is 2.55 bits per heavy atom. The lowest BCUT2D eigenvalue weighted by Crippen LogP contribution is -2.54. The summed E-state index contributed by atoms with van der Waals surface area (Å²) in [6, 6.07) is 2.99. The molecule has 3 atom stereocenters. The highest BCUT2D eigenvalue weighted by Gasteiger charge is 2.45. The van der Waals surface area contributed by atoms with Crippen molar-refractivity contribution in [2.75, 3.05) is 45.5 Å². The number of esters is 1. The maximum absolute atomic E-state index is 14.1. The summed E-state index contributed by atoms with van der Waals surface area (Å²) in [6.07, 6.45) is 4.61. The van der Waals surface area contributed by atoms with E-state index in [-0.39, 0.29) is 22.6 Å². The van der Waals surface area contributed by atoms with Crippen molar-refractivity contribution in [3.8, 4) is 0 Å². The third-order valence-corrected chi connectivity index (χ3v) is 10.4. The number of amides is 1. The second-order valence-corrected chi connectivity index (χ2v) is 14.9. The number of carbonyl (C=O) groups excluding carboxylic acids is 3. The van der Waals surface area contributed by atoms with E-state index in [0.29, 0.717) is 31.9 Å². The van der Waals surface area contributed by atoms with Crippen LogP contribution in [-0.2, 0) is 29.1 Å². The van der Waals surface area contributed by atoms with Crippen molar-refractivity contribution in [1.29, 1.82) is 0 Å². The number of ether oxygens (including phenoxy) is 2. The fourth-order valence-electron chi connectivity index (χ4n) is 5.07. The molecule has 1 N–H and O–H groups in total. The minimum atomic E-state index is -4.37. The summed E-state index contributed by atoms with van der Waals surface area (Å²) < 4.78 is 54.2. The molecular weight excluding hydrogens is 611 g/mol. The molecule has 1 amide bonds. The van der Waals surface area contributed by atoms with Crippen LogP contribution in [0.4, 0.5) is 9.18 Å². The van der Waals surface area contributed by atoms with Crippen LogP contribution >= 0.6 is 11.8 Å². The molecule has 2 saturated heterocycles. The first-order valence-electron chi connectivity index (χ1n) is 14.5.